The minimum absolute atomic E-state index is 0.0178. The van der Waals surface area contributed by atoms with Crippen LogP contribution >= 0.6 is 11.8 Å². The van der Waals surface area contributed by atoms with Crippen molar-refractivity contribution in [2.24, 2.45) is 0 Å². The van der Waals surface area contributed by atoms with E-state index in [1.165, 1.54) is 11.8 Å². The molecule has 33 heavy (non-hydrogen) atoms. The van der Waals surface area contributed by atoms with Crippen molar-refractivity contribution < 1.29 is 13.9 Å². The second-order valence-electron chi connectivity index (χ2n) is 7.38. The van der Waals surface area contributed by atoms with Gasteiger partial charge in [0.05, 0.1) is 25.2 Å². The molecule has 2 aromatic heterocycles. The third-order valence-corrected chi connectivity index (χ3v) is 6.29. The van der Waals surface area contributed by atoms with Crippen molar-refractivity contribution in [2.75, 3.05) is 18.6 Å². The molecule has 0 saturated heterocycles. The van der Waals surface area contributed by atoms with Crippen LogP contribution < -0.4 is 9.64 Å². The van der Waals surface area contributed by atoms with Crippen LogP contribution in [0.4, 0.5) is 5.69 Å². The Balaban J connectivity index is 1.64. The average molecular weight is 463 g/mol. The Labute approximate surface area is 197 Å². The third-order valence-electron chi connectivity index (χ3n) is 5.22. The lowest BCUT2D eigenvalue weighted by Gasteiger charge is -2.24. The highest BCUT2D eigenvalue weighted by Gasteiger charge is 2.25. The van der Waals surface area contributed by atoms with Crippen LogP contribution in [-0.4, -0.2) is 39.6 Å². The van der Waals surface area contributed by atoms with Gasteiger partial charge >= 0.3 is 0 Å². The quantitative estimate of drug-likeness (QED) is 0.321. The fourth-order valence-corrected chi connectivity index (χ4v) is 4.46. The van der Waals surface area contributed by atoms with Crippen LogP contribution in [0.5, 0.6) is 5.75 Å². The molecule has 2 heterocycles. The maximum absolute atomic E-state index is 13.3. The predicted octanol–water partition coefficient (Wildman–Crippen LogP) is 5.13. The van der Waals surface area contributed by atoms with Gasteiger partial charge in [0, 0.05) is 17.8 Å². The van der Waals surface area contributed by atoms with E-state index in [0.717, 1.165) is 22.8 Å². The Kier molecular flexibility index (Phi) is 7.14. The van der Waals surface area contributed by atoms with Gasteiger partial charge in [-0.1, -0.05) is 42.1 Å². The maximum Gasteiger partial charge on any atom is 0.240 e. The van der Waals surface area contributed by atoms with Crippen molar-refractivity contribution in [3.05, 3.63) is 78.8 Å². The lowest BCUT2D eigenvalue weighted by Crippen LogP contribution is -2.36. The molecular formula is C25H26N4O3S. The number of nitrogens with zero attached hydrogens (tertiary/aromatic N) is 4. The number of aromatic nitrogens is 3. The number of thioether (sulfide) groups is 1. The van der Waals surface area contributed by atoms with Crippen LogP contribution in [0.15, 0.2) is 82.6 Å². The fourth-order valence-electron chi connectivity index (χ4n) is 3.55. The minimum atomic E-state index is -0.358. The standard InChI is InChI=1S/C25H26N4O3S/c1-4-28(20-11-6-5-7-12-20)24(30)18(2)33-25-27-26-23(19-10-8-13-21(16-19)31-3)29(25)17-22-14-9-15-32-22/h5-16,18H,4,17H2,1-3H3. The van der Waals surface area contributed by atoms with Gasteiger partial charge < -0.3 is 14.1 Å². The zero-order chi connectivity index (χ0) is 23.2. The largest absolute Gasteiger partial charge is 0.497 e. The molecule has 0 bridgehead atoms. The summed E-state index contributed by atoms with van der Waals surface area (Å²) in [5, 5.41) is 9.17. The van der Waals surface area contributed by atoms with Gasteiger partial charge in [-0.05, 0) is 50.2 Å². The molecule has 4 rings (SSSR count). The molecule has 170 valence electrons. The lowest BCUT2D eigenvalue weighted by molar-refractivity contribution is -0.117. The molecule has 0 aliphatic carbocycles. The topological polar surface area (TPSA) is 73.4 Å². The highest BCUT2D eigenvalue weighted by molar-refractivity contribution is 8.00. The summed E-state index contributed by atoms with van der Waals surface area (Å²) in [5.41, 5.74) is 1.75. The van der Waals surface area contributed by atoms with Gasteiger partial charge in [0.15, 0.2) is 11.0 Å². The molecule has 0 spiro atoms. The zero-order valence-corrected chi connectivity index (χ0v) is 19.7. The molecule has 7 nitrogen and oxygen atoms in total. The molecule has 0 aliphatic rings. The molecule has 1 atom stereocenters. The lowest BCUT2D eigenvalue weighted by atomic mass is 10.2. The van der Waals surface area contributed by atoms with Crippen LogP contribution in [-0.2, 0) is 11.3 Å². The Bertz CT molecular complexity index is 1190. The predicted molar refractivity (Wildman–Crippen MR) is 130 cm³/mol. The fraction of sp³-hybridized carbons (Fsp3) is 0.240. The number of carbonyl (C=O) groups excluding carboxylic acids is 1. The van der Waals surface area contributed by atoms with Gasteiger partial charge in [-0.25, -0.2) is 0 Å². The summed E-state index contributed by atoms with van der Waals surface area (Å²) in [4.78, 5) is 15.1. The number of methoxy groups -OCH3 is 1. The molecule has 2 aromatic carbocycles. The van der Waals surface area contributed by atoms with Gasteiger partial charge in [-0.2, -0.15) is 0 Å². The van der Waals surface area contributed by atoms with E-state index in [4.69, 9.17) is 9.15 Å². The molecule has 1 unspecified atom stereocenters. The highest BCUT2D eigenvalue weighted by Crippen LogP contribution is 2.30. The van der Waals surface area contributed by atoms with E-state index in [1.807, 2.05) is 85.1 Å². The average Bonchev–Trinajstić information content (AvgIpc) is 3.51. The Hall–Kier alpha value is -3.52. The smallest absolute Gasteiger partial charge is 0.240 e. The first kappa shape index (κ1) is 22.7. The van der Waals surface area contributed by atoms with Crippen LogP contribution in [0.3, 0.4) is 0 Å². The van der Waals surface area contributed by atoms with Crippen LogP contribution in [0.1, 0.15) is 19.6 Å². The van der Waals surface area contributed by atoms with E-state index in [1.54, 1.807) is 18.3 Å². The number of rotatable bonds is 9. The van der Waals surface area contributed by atoms with E-state index in [0.29, 0.717) is 24.1 Å². The maximum atomic E-state index is 13.3. The summed E-state index contributed by atoms with van der Waals surface area (Å²) >= 11 is 1.39. The number of hydrogen-bond donors (Lipinski definition) is 0. The van der Waals surface area contributed by atoms with E-state index < -0.39 is 0 Å². The summed E-state index contributed by atoms with van der Waals surface area (Å²) in [6.45, 7) is 4.91. The van der Waals surface area contributed by atoms with Crippen molar-refractivity contribution in [3.8, 4) is 17.1 Å². The summed E-state index contributed by atoms with van der Waals surface area (Å²) < 4.78 is 12.9. The first-order valence-corrected chi connectivity index (χ1v) is 11.6. The molecule has 4 aromatic rings. The SMILES string of the molecule is CCN(C(=O)C(C)Sc1nnc(-c2cccc(OC)c2)n1Cc1ccco1)c1ccccc1. The van der Waals surface area contributed by atoms with E-state index in [2.05, 4.69) is 10.2 Å². The molecule has 0 fully saturated rings. The highest BCUT2D eigenvalue weighted by atomic mass is 32.2. The van der Waals surface area contributed by atoms with E-state index in [9.17, 15) is 4.79 Å². The monoisotopic (exact) mass is 462 g/mol. The third kappa shape index (κ3) is 5.12. The Morgan fingerprint density at radius 1 is 1.12 bits per heavy atom. The van der Waals surface area contributed by atoms with Crippen molar-refractivity contribution in [2.45, 2.75) is 30.8 Å². The van der Waals surface area contributed by atoms with Gasteiger partial charge in [-0.15, -0.1) is 10.2 Å². The summed E-state index contributed by atoms with van der Waals surface area (Å²) in [6, 6.07) is 21.1. The second-order valence-corrected chi connectivity index (χ2v) is 8.69. The molecule has 1 amide bonds. The molecule has 8 heteroatoms. The minimum Gasteiger partial charge on any atom is -0.497 e. The number of anilines is 1. The number of carbonyl (C=O) groups is 1. The summed E-state index contributed by atoms with van der Waals surface area (Å²) in [7, 11) is 1.63. The molecule has 0 saturated carbocycles. The number of furan rings is 1. The Morgan fingerprint density at radius 3 is 2.64 bits per heavy atom. The number of hydrogen-bond acceptors (Lipinski definition) is 6. The van der Waals surface area contributed by atoms with Gasteiger partial charge in [0.1, 0.15) is 11.5 Å². The zero-order valence-electron chi connectivity index (χ0n) is 18.8. The normalized spacial score (nSPS) is 11.8. The molecular weight excluding hydrogens is 436 g/mol. The Morgan fingerprint density at radius 2 is 1.94 bits per heavy atom. The molecule has 0 radical (unpaired) electrons. The summed E-state index contributed by atoms with van der Waals surface area (Å²) in [6.07, 6.45) is 1.64. The number of para-hydroxylation sites is 1. The van der Waals surface area contributed by atoms with Crippen molar-refractivity contribution in [1.29, 1.82) is 0 Å². The first-order chi connectivity index (χ1) is 16.1. The van der Waals surface area contributed by atoms with E-state index >= 15 is 0 Å². The van der Waals surface area contributed by atoms with Crippen LogP contribution in [0.25, 0.3) is 11.4 Å². The number of benzene rings is 2. The number of amides is 1. The molecule has 0 aliphatic heterocycles. The van der Waals surface area contributed by atoms with Gasteiger partial charge in [-0.3, -0.25) is 9.36 Å². The van der Waals surface area contributed by atoms with E-state index in [-0.39, 0.29) is 11.2 Å². The second kappa shape index (κ2) is 10.4. The van der Waals surface area contributed by atoms with Gasteiger partial charge in [0.2, 0.25) is 5.91 Å². The molecule has 0 N–H and O–H groups in total. The van der Waals surface area contributed by atoms with Crippen molar-refractivity contribution >= 4 is 23.4 Å². The summed E-state index contributed by atoms with van der Waals surface area (Å²) in [5.74, 6) is 2.21. The van der Waals surface area contributed by atoms with Crippen molar-refractivity contribution in [3.63, 3.8) is 0 Å². The first-order valence-electron chi connectivity index (χ1n) is 10.7. The van der Waals surface area contributed by atoms with Gasteiger partial charge in [0.25, 0.3) is 0 Å². The van der Waals surface area contributed by atoms with Crippen LogP contribution in [0.2, 0.25) is 0 Å². The van der Waals surface area contributed by atoms with Crippen molar-refractivity contribution in [1.82, 2.24) is 14.8 Å². The van der Waals surface area contributed by atoms with Crippen LogP contribution in [0, 0.1) is 0 Å². The number of ether oxygens (including phenoxy) is 1.